The van der Waals surface area contributed by atoms with Gasteiger partial charge in [0.25, 0.3) is 0 Å². The van der Waals surface area contributed by atoms with E-state index in [0.29, 0.717) is 12.0 Å². The fourth-order valence-corrected chi connectivity index (χ4v) is 5.17. The summed E-state index contributed by atoms with van der Waals surface area (Å²) in [4.78, 5) is 11.9. The van der Waals surface area contributed by atoms with Gasteiger partial charge in [-0.05, 0) is 51.4 Å². The Hall–Kier alpha value is -1.43. The van der Waals surface area contributed by atoms with Crippen LogP contribution in [0, 0.1) is 5.92 Å². The van der Waals surface area contributed by atoms with E-state index >= 15 is 0 Å². The van der Waals surface area contributed by atoms with Crippen LogP contribution in [0.15, 0.2) is 6.20 Å². The highest BCUT2D eigenvalue weighted by molar-refractivity contribution is 5.85. The zero-order valence-electron chi connectivity index (χ0n) is 16.0. The lowest BCUT2D eigenvalue weighted by molar-refractivity contribution is -0.122. The third kappa shape index (κ3) is 3.17. The maximum atomic E-state index is 11.9. The van der Waals surface area contributed by atoms with Crippen molar-refractivity contribution < 1.29 is 4.79 Å². The molecule has 6 nitrogen and oxygen atoms in total. The Morgan fingerprint density at radius 3 is 2.35 bits per heavy atom. The molecule has 0 radical (unpaired) electrons. The average Bonchev–Trinajstić information content (AvgIpc) is 3.33. The first kappa shape index (κ1) is 18.0. The highest BCUT2D eigenvalue weighted by Gasteiger charge is 2.52. The van der Waals surface area contributed by atoms with Gasteiger partial charge in [-0.1, -0.05) is 43.7 Å². The smallest absolute Gasteiger partial charge is 0.245 e. The molecule has 1 aromatic heterocycles. The zero-order chi connectivity index (χ0) is 18.2. The van der Waals surface area contributed by atoms with E-state index < -0.39 is 5.54 Å². The number of rotatable bonds is 6. The first-order valence-electron chi connectivity index (χ1n) is 10.6. The molecule has 4 rings (SSSR count). The van der Waals surface area contributed by atoms with Crippen molar-refractivity contribution in [3.63, 3.8) is 0 Å². The molecule has 1 aromatic rings. The molecule has 1 unspecified atom stereocenters. The van der Waals surface area contributed by atoms with Crippen LogP contribution in [0.25, 0.3) is 0 Å². The SMILES string of the molecule is CC(NC1CCCCC1)(c1cn(C2(C(N)=O)CC2)nn1)C1CCCCC1. The molecule has 0 spiro atoms. The minimum Gasteiger partial charge on any atom is -0.368 e. The van der Waals surface area contributed by atoms with Crippen LogP contribution < -0.4 is 11.1 Å². The Morgan fingerprint density at radius 1 is 1.15 bits per heavy atom. The van der Waals surface area contributed by atoms with Gasteiger partial charge in [-0.25, -0.2) is 4.68 Å². The third-order valence-electron chi connectivity index (χ3n) is 7.18. The summed E-state index contributed by atoms with van der Waals surface area (Å²) in [5, 5.41) is 12.9. The molecule has 0 aliphatic heterocycles. The van der Waals surface area contributed by atoms with Crippen molar-refractivity contribution in [2.45, 2.75) is 101 Å². The summed E-state index contributed by atoms with van der Waals surface area (Å²) >= 11 is 0. The van der Waals surface area contributed by atoms with Gasteiger partial charge in [0, 0.05) is 6.04 Å². The molecule has 3 saturated carbocycles. The number of primary amides is 1. The van der Waals surface area contributed by atoms with Crippen molar-refractivity contribution in [1.29, 1.82) is 0 Å². The van der Waals surface area contributed by atoms with Gasteiger partial charge >= 0.3 is 0 Å². The van der Waals surface area contributed by atoms with Crippen LogP contribution in [-0.4, -0.2) is 26.9 Å². The number of nitrogens with two attached hydrogens (primary N) is 1. The van der Waals surface area contributed by atoms with E-state index in [2.05, 4.69) is 22.6 Å². The summed E-state index contributed by atoms with van der Waals surface area (Å²) < 4.78 is 1.74. The lowest BCUT2D eigenvalue weighted by atomic mass is 9.73. The second-order valence-electron chi connectivity index (χ2n) is 8.96. The molecular formula is C20H33N5O. The summed E-state index contributed by atoms with van der Waals surface area (Å²) in [6.07, 6.45) is 16.5. The predicted octanol–water partition coefficient (Wildman–Crippen LogP) is 2.97. The Bertz CT molecular complexity index is 640. The van der Waals surface area contributed by atoms with Gasteiger partial charge in [-0.15, -0.1) is 5.10 Å². The number of carbonyl (C=O) groups excluding carboxylic acids is 1. The highest BCUT2D eigenvalue weighted by Crippen LogP contribution is 2.44. The fraction of sp³-hybridized carbons (Fsp3) is 0.850. The van der Waals surface area contributed by atoms with E-state index in [4.69, 9.17) is 5.73 Å². The molecule has 1 heterocycles. The molecule has 26 heavy (non-hydrogen) atoms. The van der Waals surface area contributed by atoms with Crippen LogP contribution in [0.2, 0.25) is 0 Å². The molecule has 6 heteroatoms. The van der Waals surface area contributed by atoms with Gasteiger partial charge < -0.3 is 11.1 Å². The van der Waals surface area contributed by atoms with Crippen LogP contribution in [-0.2, 0) is 15.9 Å². The zero-order valence-corrected chi connectivity index (χ0v) is 16.0. The number of nitrogens with one attached hydrogen (secondary N) is 1. The first-order valence-corrected chi connectivity index (χ1v) is 10.6. The van der Waals surface area contributed by atoms with Crippen molar-refractivity contribution in [3.8, 4) is 0 Å². The van der Waals surface area contributed by atoms with Gasteiger partial charge in [-0.2, -0.15) is 0 Å². The van der Waals surface area contributed by atoms with E-state index in [-0.39, 0.29) is 11.4 Å². The summed E-state index contributed by atoms with van der Waals surface area (Å²) in [6.45, 7) is 2.32. The van der Waals surface area contributed by atoms with Gasteiger partial charge in [0.15, 0.2) is 0 Å². The van der Waals surface area contributed by atoms with Gasteiger partial charge in [0.05, 0.1) is 11.7 Å². The average molecular weight is 360 g/mol. The molecule has 3 fully saturated rings. The van der Waals surface area contributed by atoms with Crippen molar-refractivity contribution in [2.24, 2.45) is 11.7 Å². The molecule has 0 bridgehead atoms. The lowest BCUT2D eigenvalue weighted by Crippen LogP contribution is -2.52. The second kappa shape index (κ2) is 6.95. The number of aromatic nitrogens is 3. The molecular weight excluding hydrogens is 326 g/mol. The maximum absolute atomic E-state index is 11.9. The lowest BCUT2D eigenvalue weighted by Gasteiger charge is -2.42. The van der Waals surface area contributed by atoms with E-state index in [1.165, 1.54) is 64.2 Å². The summed E-state index contributed by atoms with van der Waals surface area (Å²) in [6, 6.07) is 0.562. The molecule has 144 valence electrons. The molecule has 0 aromatic carbocycles. The summed E-state index contributed by atoms with van der Waals surface area (Å²) in [5.74, 6) is 0.292. The topological polar surface area (TPSA) is 85.8 Å². The second-order valence-corrected chi connectivity index (χ2v) is 8.96. The van der Waals surface area contributed by atoms with Crippen molar-refractivity contribution in [2.75, 3.05) is 0 Å². The summed E-state index contributed by atoms with van der Waals surface area (Å²) in [5.41, 5.74) is 5.83. The normalized spacial score (nSPS) is 26.3. The quantitative estimate of drug-likeness (QED) is 0.817. The minimum atomic E-state index is -0.621. The summed E-state index contributed by atoms with van der Waals surface area (Å²) in [7, 11) is 0. The Morgan fingerprint density at radius 2 is 1.77 bits per heavy atom. The van der Waals surface area contributed by atoms with E-state index in [1.54, 1.807) is 4.68 Å². The molecule has 1 atom stereocenters. The van der Waals surface area contributed by atoms with E-state index in [9.17, 15) is 4.79 Å². The van der Waals surface area contributed by atoms with Crippen molar-refractivity contribution >= 4 is 5.91 Å². The molecule has 3 aliphatic carbocycles. The van der Waals surface area contributed by atoms with E-state index in [0.717, 1.165) is 18.5 Å². The fourth-order valence-electron chi connectivity index (χ4n) is 5.17. The predicted molar refractivity (Wildman–Crippen MR) is 100 cm³/mol. The number of amides is 1. The van der Waals surface area contributed by atoms with Crippen LogP contribution in [0.4, 0.5) is 0 Å². The van der Waals surface area contributed by atoms with Crippen LogP contribution >= 0.6 is 0 Å². The Kier molecular flexibility index (Phi) is 4.80. The molecule has 1 amide bonds. The number of carbonyl (C=O) groups is 1. The number of hydrogen-bond donors (Lipinski definition) is 2. The standard InChI is InChI=1S/C20H33N5O/c1-19(15-8-4-2-5-9-15,22-16-10-6-3-7-11-16)17-14-25(24-23-17)20(12-13-20)18(21)26/h14-16,22H,2-13H2,1H3,(H2,21,26). The highest BCUT2D eigenvalue weighted by atomic mass is 16.2. The van der Waals surface area contributed by atoms with Crippen molar-refractivity contribution in [3.05, 3.63) is 11.9 Å². The van der Waals surface area contributed by atoms with Crippen LogP contribution in [0.3, 0.4) is 0 Å². The molecule has 3 N–H and O–H groups in total. The minimum absolute atomic E-state index is 0.172. The van der Waals surface area contributed by atoms with Gasteiger partial charge in [0.1, 0.15) is 11.2 Å². The van der Waals surface area contributed by atoms with E-state index in [1.807, 2.05) is 6.20 Å². The largest absolute Gasteiger partial charge is 0.368 e. The Labute approximate surface area is 156 Å². The number of nitrogens with zero attached hydrogens (tertiary/aromatic N) is 3. The molecule has 0 saturated heterocycles. The molecule has 3 aliphatic rings. The van der Waals surface area contributed by atoms with Crippen LogP contribution in [0.1, 0.15) is 89.7 Å². The van der Waals surface area contributed by atoms with Crippen LogP contribution in [0.5, 0.6) is 0 Å². The monoisotopic (exact) mass is 359 g/mol. The number of hydrogen-bond acceptors (Lipinski definition) is 4. The first-order chi connectivity index (χ1) is 12.5. The maximum Gasteiger partial charge on any atom is 0.245 e. The van der Waals surface area contributed by atoms with Gasteiger partial charge in [0.2, 0.25) is 5.91 Å². The third-order valence-corrected chi connectivity index (χ3v) is 7.18. The Balaban J connectivity index is 1.61. The van der Waals surface area contributed by atoms with Crippen molar-refractivity contribution in [1.82, 2.24) is 20.3 Å². The van der Waals surface area contributed by atoms with Gasteiger partial charge in [-0.3, -0.25) is 4.79 Å².